The molecule has 0 radical (unpaired) electrons. The summed E-state index contributed by atoms with van der Waals surface area (Å²) in [6, 6.07) is 10.6. The Labute approximate surface area is 138 Å². The lowest BCUT2D eigenvalue weighted by molar-refractivity contribution is 0.247. The third-order valence-electron chi connectivity index (χ3n) is 2.88. The van der Waals surface area contributed by atoms with Gasteiger partial charge in [0.05, 0.1) is 13.7 Å². The van der Waals surface area contributed by atoms with Crippen LogP contribution < -0.4 is 20.1 Å². The van der Waals surface area contributed by atoms with Crippen LogP contribution in [0.1, 0.15) is 0 Å². The molecule has 0 heterocycles. The Balaban J connectivity index is 1.72. The third kappa shape index (κ3) is 5.34. The number of methoxy groups -OCH3 is 1. The molecule has 0 bridgehead atoms. The average Bonchev–Trinajstić information content (AvgIpc) is 2.53. The van der Waals surface area contributed by atoms with Gasteiger partial charge in [-0.2, -0.15) is 0 Å². The lowest BCUT2D eigenvalue weighted by Gasteiger charge is -2.10. The van der Waals surface area contributed by atoms with Crippen LogP contribution in [0.5, 0.6) is 11.5 Å². The minimum absolute atomic E-state index is 0.118. The monoisotopic (exact) mass is 338 g/mol. The van der Waals surface area contributed by atoms with Gasteiger partial charge >= 0.3 is 6.03 Å². The number of hydrogen-bond donors (Lipinski definition) is 2. The van der Waals surface area contributed by atoms with Gasteiger partial charge in [-0.3, -0.25) is 0 Å². The zero-order chi connectivity index (χ0) is 16.7. The van der Waals surface area contributed by atoms with E-state index in [0.717, 1.165) is 0 Å². The van der Waals surface area contributed by atoms with E-state index in [1.807, 2.05) is 0 Å². The molecule has 2 N–H and O–H groups in total. The van der Waals surface area contributed by atoms with Crippen molar-refractivity contribution in [1.82, 2.24) is 5.32 Å². The van der Waals surface area contributed by atoms with Gasteiger partial charge in [0.1, 0.15) is 12.4 Å². The van der Waals surface area contributed by atoms with Crippen LogP contribution in [0.2, 0.25) is 5.02 Å². The van der Waals surface area contributed by atoms with Crippen LogP contribution in [0, 0.1) is 5.82 Å². The van der Waals surface area contributed by atoms with Crippen molar-refractivity contribution in [3.63, 3.8) is 0 Å². The molecule has 0 fully saturated rings. The number of halogens is 2. The van der Waals surface area contributed by atoms with Gasteiger partial charge in [-0.05, 0) is 36.4 Å². The molecule has 0 atom stereocenters. The van der Waals surface area contributed by atoms with Crippen molar-refractivity contribution in [2.75, 3.05) is 25.6 Å². The molecule has 5 nitrogen and oxygen atoms in total. The van der Waals surface area contributed by atoms with Crippen molar-refractivity contribution < 1.29 is 18.7 Å². The van der Waals surface area contributed by atoms with E-state index in [1.54, 1.807) is 30.3 Å². The third-order valence-corrected chi connectivity index (χ3v) is 3.13. The fraction of sp³-hybridized carbons (Fsp3) is 0.188. The van der Waals surface area contributed by atoms with Crippen LogP contribution in [0.25, 0.3) is 0 Å². The van der Waals surface area contributed by atoms with E-state index in [1.165, 1.54) is 19.2 Å². The highest BCUT2D eigenvalue weighted by Gasteiger charge is 2.06. The standard InChI is InChI=1S/C16H16ClFN2O3/c1-22-15-7-4-12(10-14(15)18)20-16(21)19-8-9-23-13-5-2-11(17)3-6-13/h2-7,10H,8-9H2,1H3,(H2,19,20,21). The predicted octanol–water partition coefficient (Wildman–Crippen LogP) is 3.69. The smallest absolute Gasteiger partial charge is 0.319 e. The summed E-state index contributed by atoms with van der Waals surface area (Å²) in [5.74, 6) is 0.234. The molecular formula is C16H16ClFN2O3. The van der Waals surface area contributed by atoms with Crippen LogP contribution >= 0.6 is 11.6 Å². The highest BCUT2D eigenvalue weighted by atomic mass is 35.5. The largest absolute Gasteiger partial charge is 0.494 e. The first kappa shape index (κ1) is 16.9. The number of carbonyl (C=O) groups is 1. The molecule has 23 heavy (non-hydrogen) atoms. The highest BCUT2D eigenvalue weighted by Crippen LogP contribution is 2.20. The topological polar surface area (TPSA) is 59.6 Å². The Bertz CT molecular complexity index is 665. The number of amides is 2. The summed E-state index contributed by atoms with van der Waals surface area (Å²) in [6.45, 7) is 0.596. The van der Waals surface area contributed by atoms with Crippen LogP contribution in [0.3, 0.4) is 0 Å². The first-order chi connectivity index (χ1) is 11.1. The van der Waals surface area contributed by atoms with Crippen molar-refractivity contribution in [2.24, 2.45) is 0 Å². The number of anilines is 1. The van der Waals surface area contributed by atoms with Gasteiger partial charge in [-0.1, -0.05) is 11.6 Å². The Morgan fingerprint density at radius 3 is 2.61 bits per heavy atom. The number of urea groups is 1. The van der Waals surface area contributed by atoms with Gasteiger partial charge in [0.15, 0.2) is 11.6 Å². The minimum Gasteiger partial charge on any atom is -0.494 e. The molecule has 0 saturated heterocycles. The number of hydrogen-bond acceptors (Lipinski definition) is 3. The second kappa shape index (κ2) is 8.24. The first-order valence-corrected chi connectivity index (χ1v) is 7.23. The Hall–Kier alpha value is -2.47. The van der Waals surface area contributed by atoms with E-state index in [-0.39, 0.29) is 5.75 Å². The summed E-state index contributed by atoms with van der Waals surface area (Å²) < 4.78 is 23.7. The highest BCUT2D eigenvalue weighted by molar-refractivity contribution is 6.30. The lowest BCUT2D eigenvalue weighted by Crippen LogP contribution is -2.32. The summed E-state index contributed by atoms with van der Waals surface area (Å²) in [7, 11) is 1.37. The van der Waals surface area contributed by atoms with E-state index >= 15 is 0 Å². The summed E-state index contributed by atoms with van der Waals surface area (Å²) in [5.41, 5.74) is 0.333. The molecule has 0 unspecified atom stereocenters. The quantitative estimate of drug-likeness (QED) is 0.790. The Morgan fingerprint density at radius 1 is 1.22 bits per heavy atom. The van der Waals surface area contributed by atoms with Gasteiger partial charge in [0, 0.05) is 16.8 Å². The average molecular weight is 339 g/mol. The summed E-state index contributed by atoms with van der Waals surface area (Å²) >= 11 is 5.77. The molecule has 2 rings (SSSR count). The van der Waals surface area contributed by atoms with Gasteiger partial charge in [0.25, 0.3) is 0 Å². The van der Waals surface area contributed by atoms with Crippen molar-refractivity contribution in [3.05, 3.63) is 53.3 Å². The van der Waals surface area contributed by atoms with E-state index in [4.69, 9.17) is 21.1 Å². The maximum atomic E-state index is 13.5. The molecule has 0 saturated carbocycles. The predicted molar refractivity (Wildman–Crippen MR) is 86.9 cm³/mol. The first-order valence-electron chi connectivity index (χ1n) is 6.85. The maximum absolute atomic E-state index is 13.5. The zero-order valence-electron chi connectivity index (χ0n) is 12.4. The molecule has 0 aromatic heterocycles. The van der Waals surface area contributed by atoms with Crippen LogP contribution in [-0.2, 0) is 0 Å². The second-order valence-corrected chi connectivity index (χ2v) is 4.97. The van der Waals surface area contributed by atoms with Gasteiger partial charge in [0.2, 0.25) is 0 Å². The van der Waals surface area contributed by atoms with E-state index in [0.29, 0.717) is 29.6 Å². The van der Waals surface area contributed by atoms with Gasteiger partial charge in [-0.25, -0.2) is 9.18 Å². The molecule has 0 spiro atoms. The van der Waals surface area contributed by atoms with Crippen molar-refractivity contribution in [2.45, 2.75) is 0 Å². The Morgan fingerprint density at radius 2 is 1.96 bits per heavy atom. The van der Waals surface area contributed by atoms with Crippen molar-refractivity contribution in [3.8, 4) is 11.5 Å². The lowest BCUT2D eigenvalue weighted by atomic mass is 10.3. The summed E-state index contributed by atoms with van der Waals surface area (Å²) in [6.07, 6.45) is 0. The van der Waals surface area contributed by atoms with Gasteiger partial charge in [-0.15, -0.1) is 0 Å². The fourth-order valence-electron chi connectivity index (χ4n) is 1.78. The normalized spacial score (nSPS) is 10.0. The molecule has 0 aliphatic carbocycles. The number of nitrogens with one attached hydrogen (secondary N) is 2. The Kier molecular flexibility index (Phi) is 6.05. The molecule has 2 amide bonds. The second-order valence-electron chi connectivity index (χ2n) is 4.53. The van der Waals surface area contributed by atoms with Gasteiger partial charge < -0.3 is 20.1 Å². The number of carbonyl (C=O) groups excluding carboxylic acids is 1. The summed E-state index contributed by atoms with van der Waals surface area (Å²) in [5, 5.41) is 5.75. The van der Waals surface area contributed by atoms with Crippen molar-refractivity contribution in [1.29, 1.82) is 0 Å². The minimum atomic E-state index is -0.545. The van der Waals surface area contributed by atoms with Crippen LogP contribution in [-0.4, -0.2) is 26.3 Å². The van der Waals surface area contributed by atoms with Crippen molar-refractivity contribution >= 4 is 23.3 Å². The maximum Gasteiger partial charge on any atom is 0.319 e. The molecular weight excluding hydrogens is 323 g/mol. The zero-order valence-corrected chi connectivity index (χ0v) is 13.2. The van der Waals surface area contributed by atoms with E-state index in [2.05, 4.69) is 10.6 Å². The number of benzene rings is 2. The van der Waals surface area contributed by atoms with Crippen LogP contribution in [0.15, 0.2) is 42.5 Å². The summed E-state index contributed by atoms with van der Waals surface area (Å²) in [4.78, 5) is 11.7. The van der Waals surface area contributed by atoms with Crippen LogP contribution in [0.4, 0.5) is 14.9 Å². The van der Waals surface area contributed by atoms with E-state index < -0.39 is 11.8 Å². The molecule has 122 valence electrons. The molecule has 2 aromatic carbocycles. The fourth-order valence-corrected chi connectivity index (χ4v) is 1.91. The number of rotatable bonds is 6. The molecule has 0 aliphatic heterocycles. The van der Waals surface area contributed by atoms with E-state index in [9.17, 15) is 9.18 Å². The molecule has 7 heteroatoms. The number of ether oxygens (including phenoxy) is 2. The SMILES string of the molecule is COc1ccc(NC(=O)NCCOc2ccc(Cl)cc2)cc1F. The molecule has 0 aliphatic rings. The molecule has 2 aromatic rings.